The molecule has 0 spiro atoms. The van der Waals surface area contributed by atoms with Crippen LogP contribution in [0.5, 0.6) is 0 Å². The molecule has 0 bridgehead atoms. The Balaban J connectivity index is 1.92. The number of aromatic nitrogens is 1. The molecule has 0 atom stereocenters. The number of nitrogens with zero attached hydrogens (tertiary/aromatic N) is 1. The third-order valence-corrected chi connectivity index (χ3v) is 2.98. The molecule has 1 aromatic heterocycles. The predicted octanol–water partition coefficient (Wildman–Crippen LogP) is 1.77. The molecule has 0 aliphatic heterocycles. The Morgan fingerprint density at radius 3 is 2.60 bits per heavy atom. The number of nitrogens with one attached hydrogen (secondary N) is 1. The highest BCUT2D eigenvalue weighted by Gasteiger charge is 2.05. The number of benzene rings is 1. The summed E-state index contributed by atoms with van der Waals surface area (Å²) in [6.07, 6.45) is 3.68. The summed E-state index contributed by atoms with van der Waals surface area (Å²) in [6.45, 7) is 2.42. The number of amides is 1. The molecular weight excluding hydrogens is 254 g/mol. The number of nitrogens with two attached hydrogens (primary N) is 1. The van der Waals surface area contributed by atoms with E-state index in [1.807, 2.05) is 13.0 Å². The van der Waals surface area contributed by atoms with Crippen molar-refractivity contribution in [3.8, 4) is 0 Å². The van der Waals surface area contributed by atoms with E-state index in [-0.39, 0.29) is 11.3 Å². The molecule has 1 aromatic carbocycles. The first-order valence-corrected chi connectivity index (χ1v) is 6.37. The number of nitrogen functional groups attached to an aromatic ring is 1. The van der Waals surface area contributed by atoms with Gasteiger partial charge in [-0.05, 0) is 30.7 Å². The van der Waals surface area contributed by atoms with Crippen molar-refractivity contribution in [3.05, 3.63) is 58.5 Å². The van der Waals surface area contributed by atoms with Crippen LogP contribution in [0.4, 0.5) is 11.4 Å². The zero-order valence-corrected chi connectivity index (χ0v) is 11.3. The van der Waals surface area contributed by atoms with E-state index >= 15 is 0 Å². The van der Waals surface area contributed by atoms with Crippen LogP contribution in [-0.4, -0.2) is 10.5 Å². The smallest absolute Gasteiger partial charge is 0.226 e. The number of hydrogen-bond acceptors (Lipinski definition) is 3. The lowest BCUT2D eigenvalue weighted by Gasteiger charge is -2.10. The Morgan fingerprint density at radius 1 is 1.25 bits per heavy atom. The van der Waals surface area contributed by atoms with E-state index in [2.05, 4.69) is 5.32 Å². The molecule has 1 heterocycles. The van der Waals surface area contributed by atoms with E-state index in [4.69, 9.17) is 5.73 Å². The molecule has 2 aromatic rings. The highest BCUT2D eigenvalue weighted by Crippen LogP contribution is 2.17. The van der Waals surface area contributed by atoms with Crippen molar-refractivity contribution in [2.45, 2.75) is 19.9 Å². The maximum Gasteiger partial charge on any atom is 0.226 e. The van der Waals surface area contributed by atoms with Gasteiger partial charge in [-0.15, -0.1) is 0 Å². The average Bonchev–Trinajstić information content (AvgIpc) is 2.41. The van der Waals surface area contributed by atoms with Crippen molar-refractivity contribution in [3.63, 3.8) is 0 Å². The lowest BCUT2D eigenvalue weighted by Crippen LogP contribution is -2.15. The molecule has 0 saturated heterocycles. The molecule has 20 heavy (non-hydrogen) atoms. The average molecular weight is 271 g/mol. The van der Waals surface area contributed by atoms with Gasteiger partial charge in [-0.2, -0.15) is 0 Å². The predicted molar refractivity (Wildman–Crippen MR) is 79.5 cm³/mol. The van der Waals surface area contributed by atoms with Gasteiger partial charge in [-0.3, -0.25) is 9.59 Å². The first-order chi connectivity index (χ1) is 9.54. The van der Waals surface area contributed by atoms with Crippen LogP contribution < -0.4 is 16.5 Å². The van der Waals surface area contributed by atoms with Crippen LogP contribution in [0.1, 0.15) is 12.0 Å². The zero-order chi connectivity index (χ0) is 14.5. The van der Waals surface area contributed by atoms with E-state index in [0.29, 0.717) is 18.7 Å². The quantitative estimate of drug-likeness (QED) is 0.832. The summed E-state index contributed by atoms with van der Waals surface area (Å²) in [6, 6.07) is 8.31. The van der Waals surface area contributed by atoms with Crippen molar-refractivity contribution in [2.24, 2.45) is 0 Å². The Kier molecular flexibility index (Phi) is 4.20. The zero-order valence-electron chi connectivity index (χ0n) is 11.3. The summed E-state index contributed by atoms with van der Waals surface area (Å²) < 4.78 is 1.80. The number of anilines is 2. The summed E-state index contributed by atoms with van der Waals surface area (Å²) >= 11 is 0. The van der Waals surface area contributed by atoms with Gasteiger partial charge in [0.15, 0.2) is 5.43 Å². The van der Waals surface area contributed by atoms with Crippen LogP contribution in [0.15, 0.2) is 47.5 Å². The molecule has 0 fully saturated rings. The Bertz CT molecular complexity index is 657. The van der Waals surface area contributed by atoms with Crippen LogP contribution in [0.25, 0.3) is 0 Å². The summed E-state index contributed by atoms with van der Waals surface area (Å²) in [5.41, 5.74) is 8.00. The van der Waals surface area contributed by atoms with Crippen molar-refractivity contribution in [2.75, 3.05) is 11.1 Å². The summed E-state index contributed by atoms with van der Waals surface area (Å²) in [5, 5.41) is 2.85. The van der Waals surface area contributed by atoms with Gasteiger partial charge in [0.25, 0.3) is 0 Å². The van der Waals surface area contributed by atoms with Gasteiger partial charge in [0.05, 0.1) is 0 Å². The second kappa shape index (κ2) is 6.06. The largest absolute Gasteiger partial charge is 0.399 e. The summed E-state index contributed by atoms with van der Waals surface area (Å²) in [4.78, 5) is 22.8. The molecular formula is C15H17N3O2. The van der Waals surface area contributed by atoms with E-state index < -0.39 is 0 Å². The van der Waals surface area contributed by atoms with E-state index in [1.165, 1.54) is 12.1 Å². The van der Waals surface area contributed by atoms with Crippen LogP contribution in [0, 0.1) is 6.92 Å². The molecule has 1 amide bonds. The fourth-order valence-electron chi connectivity index (χ4n) is 1.86. The Labute approximate surface area is 117 Å². The molecule has 5 nitrogen and oxygen atoms in total. The molecule has 3 N–H and O–H groups in total. The molecule has 0 aliphatic carbocycles. The minimum absolute atomic E-state index is 0.0387. The fraction of sp³-hybridized carbons (Fsp3) is 0.200. The minimum Gasteiger partial charge on any atom is -0.399 e. The molecule has 0 radical (unpaired) electrons. The fourth-order valence-corrected chi connectivity index (χ4v) is 1.86. The molecule has 104 valence electrons. The number of hydrogen-bond donors (Lipinski definition) is 2. The third kappa shape index (κ3) is 3.71. The standard InChI is InChI=1S/C15H17N3O2/c1-11-10-12(16)2-3-14(11)17-15(20)6-9-18-7-4-13(19)5-8-18/h2-5,7-8,10H,6,9,16H2,1H3,(H,17,20). The first kappa shape index (κ1) is 13.9. The number of aryl methyl sites for hydroxylation is 2. The topological polar surface area (TPSA) is 77.1 Å². The van der Waals surface area contributed by atoms with E-state index in [9.17, 15) is 9.59 Å². The molecule has 0 aliphatic rings. The van der Waals surface area contributed by atoms with Gasteiger partial charge in [0, 0.05) is 48.9 Å². The van der Waals surface area contributed by atoms with Gasteiger partial charge in [0.2, 0.25) is 5.91 Å². The second-order valence-electron chi connectivity index (χ2n) is 4.64. The van der Waals surface area contributed by atoms with Gasteiger partial charge in [-0.1, -0.05) is 0 Å². The lowest BCUT2D eigenvalue weighted by molar-refractivity contribution is -0.116. The van der Waals surface area contributed by atoms with Crippen molar-refractivity contribution < 1.29 is 4.79 Å². The number of carbonyl (C=O) groups excluding carboxylic acids is 1. The van der Waals surface area contributed by atoms with Crippen LogP contribution in [-0.2, 0) is 11.3 Å². The molecule has 0 saturated carbocycles. The SMILES string of the molecule is Cc1cc(N)ccc1NC(=O)CCn1ccc(=O)cc1. The van der Waals surface area contributed by atoms with Gasteiger partial charge in [-0.25, -0.2) is 0 Å². The summed E-state index contributed by atoms with van der Waals surface area (Å²) in [5.74, 6) is -0.0726. The van der Waals surface area contributed by atoms with E-state index in [0.717, 1.165) is 11.3 Å². The minimum atomic E-state index is -0.0726. The van der Waals surface area contributed by atoms with Crippen LogP contribution in [0.2, 0.25) is 0 Å². The Hall–Kier alpha value is -2.56. The molecule has 5 heteroatoms. The highest BCUT2D eigenvalue weighted by molar-refractivity contribution is 5.91. The van der Waals surface area contributed by atoms with Crippen LogP contribution in [0.3, 0.4) is 0 Å². The number of carbonyl (C=O) groups is 1. The maximum atomic E-state index is 11.9. The van der Waals surface area contributed by atoms with Gasteiger partial charge in [0.1, 0.15) is 0 Å². The molecule has 2 rings (SSSR count). The van der Waals surface area contributed by atoms with Gasteiger partial charge >= 0.3 is 0 Å². The summed E-state index contributed by atoms with van der Waals surface area (Å²) in [7, 11) is 0. The second-order valence-corrected chi connectivity index (χ2v) is 4.64. The third-order valence-electron chi connectivity index (χ3n) is 2.98. The van der Waals surface area contributed by atoms with E-state index in [1.54, 1.807) is 29.1 Å². The highest BCUT2D eigenvalue weighted by atomic mass is 16.1. The van der Waals surface area contributed by atoms with Crippen molar-refractivity contribution in [1.82, 2.24) is 4.57 Å². The van der Waals surface area contributed by atoms with Gasteiger partial charge < -0.3 is 15.6 Å². The maximum absolute atomic E-state index is 11.9. The Morgan fingerprint density at radius 2 is 1.95 bits per heavy atom. The lowest BCUT2D eigenvalue weighted by atomic mass is 10.2. The normalized spacial score (nSPS) is 10.2. The van der Waals surface area contributed by atoms with Crippen molar-refractivity contribution in [1.29, 1.82) is 0 Å². The van der Waals surface area contributed by atoms with Crippen molar-refractivity contribution >= 4 is 17.3 Å². The van der Waals surface area contributed by atoms with Crippen LogP contribution >= 0.6 is 0 Å². The number of pyridine rings is 1. The monoisotopic (exact) mass is 271 g/mol. The first-order valence-electron chi connectivity index (χ1n) is 6.37. The number of rotatable bonds is 4. The molecule has 0 unspecified atom stereocenters.